The summed E-state index contributed by atoms with van der Waals surface area (Å²) in [5.41, 5.74) is 1.88. The molecule has 3 aromatic rings. The summed E-state index contributed by atoms with van der Waals surface area (Å²) in [4.78, 5) is 17.1. The first-order chi connectivity index (χ1) is 11.7. The predicted octanol–water partition coefficient (Wildman–Crippen LogP) is 3.18. The zero-order valence-corrected chi connectivity index (χ0v) is 14.2. The van der Waals surface area contributed by atoms with Crippen molar-refractivity contribution >= 4 is 39.9 Å². The number of carbonyl (C=O) groups is 1. The minimum atomic E-state index is -0.184. The molecule has 0 spiro atoms. The number of rotatable bonds is 4. The number of nitrogens with zero attached hydrogens (tertiary/aromatic N) is 2. The number of carbonyl (C=O) groups excluding carboxylic acids is 1. The Hall–Kier alpha value is -2.31. The fraction of sp³-hybridized carbons (Fsp3) is 0.176. The number of fused-ring (bicyclic) bond motifs is 2. The van der Waals surface area contributed by atoms with E-state index >= 15 is 0 Å². The van der Waals surface area contributed by atoms with Gasteiger partial charge in [-0.25, -0.2) is 4.98 Å². The number of hydrogen-bond acceptors (Lipinski definition) is 4. The van der Waals surface area contributed by atoms with Crippen molar-refractivity contribution in [2.75, 3.05) is 6.54 Å². The van der Waals surface area contributed by atoms with E-state index in [-0.39, 0.29) is 12.0 Å². The third-order valence-corrected chi connectivity index (χ3v) is 4.90. The molecule has 0 unspecified atom stereocenters. The first-order valence-electron chi connectivity index (χ1n) is 7.52. The zero-order chi connectivity index (χ0) is 16.5. The van der Waals surface area contributed by atoms with Crippen LogP contribution in [0, 0.1) is 0 Å². The van der Waals surface area contributed by atoms with E-state index in [2.05, 4.69) is 10.3 Å². The van der Waals surface area contributed by atoms with E-state index in [4.69, 9.17) is 16.3 Å². The number of amides is 1. The van der Waals surface area contributed by atoms with Gasteiger partial charge in [-0.3, -0.25) is 9.20 Å². The van der Waals surface area contributed by atoms with Gasteiger partial charge in [0.25, 0.3) is 0 Å². The Morgan fingerprint density at radius 3 is 3.25 bits per heavy atom. The number of para-hydroxylation sites is 1. The summed E-state index contributed by atoms with van der Waals surface area (Å²) in [6, 6.07) is 7.94. The lowest BCUT2D eigenvalue weighted by Gasteiger charge is -2.10. The zero-order valence-electron chi connectivity index (χ0n) is 12.6. The fourth-order valence-electron chi connectivity index (χ4n) is 2.72. The van der Waals surface area contributed by atoms with Gasteiger partial charge in [-0.2, -0.15) is 0 Å². The number of aromatic nitrogens is 2. The molecule has 24 heavy (non-hydrogen) atoms. The average molecular weight is 360 g/mol. The van der Waals surface area contributed by atoms with Crippen LogP contribution < -0.4 is 10.1 Å². The van der Waals surface area contributed by atoms with Gasteiger partial charge in [0.2, 0.25) is 5.91 Å². The van der Waals surface area contributed by atoms with Gasteiger partial charge in [-0.15, -0.1) is 11.3 Å². The molecular formula is C17H14ClN3O2S. The predicted molar refractivity (Wildman–Crippen MR) is 94.7 cm³/mol. The maximum Gasteiger partial charge on any atom is 0.244 e. The van der Waals surface area contributed by atoms with Crippen LogP contribution in [0.25, 0.3) is 11.0 Å². The highest BCUT2D eigenvalue weighted by atomic mass is 35.5. The van der Waals surface area contributed by atoms with Crippen molar-refractivity contribution < 1.29 is 9.53 Å². The lowest BCUT2D eigenvalue weighted by atomic mass is 10.1. The summed E-state index contributed by atoms with van der Waals surface area (Å²) in [6.45, 7) is 0.464. The topological polar surface area (TPSA) is 55.6 Å². The third-order valence-electron chi connectivity index (χ3n) is 3.86. The Bertz CT molecular complexity index is 906. The van der Waals surface area contributed by atoms with Crippen LogP contribution in [0.1, 0.15) is 11.3 Å². The van der Waals surface area contributed by atoms with Gasteiger partial charge in [0.15, 0.2) is 10.1 Å². The molecule has 0 saturated carbocycles. The summed E-state index contributed by atoms with van der Waals surface area (Å²) in [5, 5.41) is 5.17. The Labute approximate surface area is 147 Å². The molecule has 1 aromatic carbocycles. The second kappa shape index (κ2) is 6.30. The van der Waals surface area contributed by atoms with Crippen molar-refractivity contribution in [3.63, 3.8) is 0 Å². The van der Waals surface area contributed by atoms with Gasteiger partial charge in [0.05, 0.1) is 12.2 Å². The summed E-state index contributed by atoms with van der Waals surface area (Å²) in [7, 11) is 0. The minimum absolute atomic E-state index is 0.0260. The van der Waals surface area contributed by atoms with Gasteiger partial charge in [-0.1, -0.05) is 29.8 Å². The molecule has 2 aromatic heterocycles. The molecule has 0 bridgehead atoms. The molecule has 7 heteroatoms. The van der Waals surface area contributed by atoms with Crippen molar-refractivity contribution in [1.82, 2.24) is 14.7 Å². The van der Waals surface area contributed by atoms with Crippen LogP contribution in [0.2, 0.25) is 5.15 Å². The van der Waals surface area contributed by atoms with Gasteiger partial charge >= 0.3 is 0 Å². The highest BCUT2D eigenvalue weighted by Crippen LogP contribution is 2.27. The Kier molecular flexibility index (Phi) is 4.00. The van der Waals surface area contributed by atoms with E-state index in [0.717, 1.165) is 17.1 Å². The van der Waals surface area contributed by atoms with E-state index in [0.29, 0.717) is 17.4 Å². The van der Waals surface area contributed by atoms with Crippen LogP contribution in [0.15, 0.2) is 41.9 Å². The second-order valence-electron chi connectivity index (χ2n) is 5.47. The largest absolute Gasteiger partial charge is 0.488 e. The van der Waals surface area contributed by atoms with E-state index in [1.54, 1.807) is 6.08 Å². The number of halogens is 1. The molecule has 3 heterocycles. The summed E-state index contributed by atoms with van der Waals surface area (Å²) in [5.74, 6) is 0.717. The number of ether oxygens (including phenoxy) is 1. The van der Waals surface area contributed by atoms with E-state index in [1.807, 2.05) is 40.2 Å². The quantitative estimate of drug-likeness (QED) is 0.728. The van der Waals surface area contributed by atoms with Crippen molar-refractivity contribution in [2.45, 2.75) is 12.5 Å². The van der Waals surface area contributed by atoms with Gasteiger partial charge in [0.1, 0.15) is 11.9 Å². The minimum Gasteiger partial charge on any atom is -0.488 e. The Balaban J connectivity index is 1.36. The highest BCUT2D eigenvalue weighted by molar-refractivity contribution is 7.15. The van der Waals surface area contributed by atoms with E-state index in [1.165, 1.54) is 23.0 Å². The Morgan fingerprint density at radius 2 is 2.38 bits per heavy atom. The summed E-state index contributed by atoms with van der Waals surface area (Å²) in [6.07, 6.45) is 5.80. The SMILES string of the molecule is O=C(/C=C\c1c(Cl)nc2sccn12)NC[C@H]1Cc2ccccc2O1. The molecule has 1 atom stereocenters. The number of thiazole rings is 1. The van der Waals surface area contributed by atoms with Crippen molar-refractivity contribution in [1.29, 1.82) is 0 Å². The number of benzene rings is 1. The van der Waals surface area contributed by atoms with Crippen LogP contribution in [0.5, 0.6) is 5.75 Å². The van der Waals surface area contributed by atoms with E-state index in [9.17, 15) is 4.79 Å². The molecular weight excluding hydrogens is 346 g/mol. The van der Waals surface area contributed by atoms with E-state index < -0.39 is 0 Å². The number of imidazole rings is 1. The molecule has 4 rings (SSSR count). The molecule has 0 fully saturated rings. The van der Waals surface area contributed by atoms with Crippen molar-refractivity contribution in [3.05, 3.63) is 58.3 Å². The molecule has 1 N–H and O–H groups in total. The first-order valence-corrected chi connectivity index (χ1v) is 8.78. The fourth-order valence-corrected chi connectivity index (χ4v) is 3.73. The molecule has 1 aliphatic rings. The normalized spacial score (nSPS) is 16.5. The first kappa shape index (κ1) is 15.2. The molecule has 1 amide bonds. The molecule has 5 nitrogen and oxygen atoms in total. The van der Waals surface area contributed by atoms with Crippen LogP contribution >= 0.6 is 22.9 Å². The van der Waals surface area contributed by atoms with Crippen molar-refractivity contribution in [2.24, 2.45) is 0 Å². The van der Waals surface area contributed by atoms with Crippen molar-refractivity contribution in [3.8, 4) is 5.75 Å². The summed E-state index contributed by atoms with van der Waals surface area (Å²) < 4.78 is 7.66. The van der Waals surface area contributed by atoms with Gasteiger partial charge in [0, 0.05) is 24.1 Å². The lowest BCUT2D eigenvalue weighted by Crippen LogP contribution is -2.33. The number of nitrogens with one attached hydrogen (secondary N) is 1. The van der Waals surface area contributed by atoms with Crippen LogP contribution in [0.3, 0.4) is 0 Å². The van der Waals surface area contributed by atoms with Crippen LogP contribution in [-0.2, 0) is 11.2 Å². The summed E-state index contributed by atoms with van der Waals surface area (Å²) >= 11 is 7.59. The molecule has 0 saturated heterocycles. The molecule has 0 aliphatic carbocycles. The lowest BCUT2D eigenvalue weighted by molar-refractivity contribution is -0.116. The molecule has 0 radical (unpaired) electrons. The Morgan fingerprint density at radius 1 is 1.50 bits per heavy atom. The smallest absolute Gasteiger partial charge is 0.244 e. The molecule has 1 aliphatic heterocycles. The second-order valence-corrected chi connectivity index (χ2v) is 6.70. The molecule has 122 valence electrons. The maximum absolute atomic E-state index is 12.0. The third kappa shape index (κ3) is 2.90. The highest BCUT2D eigenvalue weighted by Gasteiger charge is 2.22. The van der Waals surface area contributed by atoms with Crippen LogP contribution in [0.4, 0.5) is 0 Å². The van der Waals surface area contributed by atoms with Gasteiger partial charge < -0.3 is 10.1 Å². The maximum atomic E-state index is 12.0. The standard InChI is InChI=1S/C17H14ClN3O2S/c18-16-13(21-7-8-24-17(21)20-16)5-6-15(22)19-10-12-9-11-3-1-2-4-14(11)23-12/h1-8,12H,9-10H2,(H,19,22)/b6-5-/t12-/m1/s1. The van der Waals surface area contributed by atoms with Crippen LogP contribution in [-0.4, -0.2) is 27.9 Å². The average Bonchev–Trinajstić information content (AvgIpc) is 3.25. The number of hydrogen-bond donors (Lipinski definition) is 1. The van der Waals surface area contributed by atoms with Gasteiger partial charge in [-0.05, 0) is 17.7 Å². The monoisotopic (exact) mass is 359 g/mol.